The number of allylic oxidation sites excluding steroid dienone is 12. The van der Waals surface area contributed by atoms with E-state index < -0.39 is 0 Å². The van der Waals surface area contributed by atoms with E-state index in [1.54, 1.807) is 0 Å². The minimum Gasteiger partial charge on any atom is -0.150 e. The van der Waals surface area contributed by atoms with Crippen LogP contribution in [-0.4, -0.2) is 0 Å². The summed E-state index contributed by atoms with van der Waals surface area (Å²) < 4.78 is 0. The molecule has 0 aromatic heterocycles. The molecular weight excluding hydrogens is 498 g/mol. The molecule has 0 saturated heterocycles. The second kappa shape index (κ2) is 14.4. The Morgan fingerprint density at radius 1 is 0.581 bits per heavy atom. The smallest absolute Gasteiger partial charge is 0.150 e. The van der Waals surface area contributed by atoms with Crippen LogP contribution in [0.3, 0.4) is 0 Å². The fourth-order valence-corrected chi connectivity index (χ4v) is 3.29. The van der Waals surface area contributed by atoms with Crippen molar-refractivity contribution < 1.29 is 26.2 Å². The summed E-state index contributed by atoms with van der Waals surface area (Å²) in [5.74, 6) is 0. The van der Waals surface area contributed by atoms with Crippen molar-refractivity contribution in [2.24, 2.45) is 0 Å². The normalized spacial score (nSPS) is 16.5. The number of hydrogen-bond donors (Lipinski definition) is 0. The van der Waals surface area contributed by atoms with Gasteiger partial charge in [0.2, 0.25) is 0 Å². The van der Waals surface area contributed by atoms with Crippen LogP contribution in [-0.2, 0) is 26.2 Å². The molecule has 2 aromatic rings. The van der Waals surface area contributed by atoms with Crippen LogP contribution < -0.4 is 0 Å². The van der Waals surface area contributed by atoms with Gasteiger partial charge in [-0.25, -0.2) is 0 Å². The van der Waals surface area contributed by atoms with Gasteiger partial charge in [0.15, 0.2) is 0 Å². The van der Waals surface area contributed by atoms with Crippen molar-refractivity contribution in [1.29, 1.82) is 0 Å². The van der Waals surface area contributed by atoms with Gasteiger partial charge in [-0.05, 0) is 0 Å². The van der Waals surface area contributed by atoms with Crippen molar-refractivity contribution in [1.82, 2.24) is 0 Å². The van der Waals surface area contributed by atoms with E-state index in [1.165, 1.54) is 44.6 Å². The summed E-state index contributed by atoms with van der Waals surface area (Å²) in [6.07, 6.45) is 15.3. The number of halogens is 2. The van der Waals surface area contributed by atoms with Crippen LogP contribution in [0.1, 0.15) is 38.8 Å². The van der Waals surface area contributed by atoms with Crippen molar-refractivity contribution in [3.63, 3.8) is 0 Å². The van der Waals surface area contributed by atoms with E-state index in [2.05, 4.69) is 98.8 Å². The van der Waals surface area contributed by atoms with Crippen LogP contribution in [0.25, 0.3) is 11.1 Å². The number of rotatable bonds is 2. The zero-order chi connectivity index (χ0) is 19.9. The Hall–Kier alpha value is -1.66. The van der Waals surface area contributed by atoms with Crippen molar-refractivity contribution in [2.45, 2.75) is 27.7 Å². The predicted octanol–water partition coefficient (Wildman–Crippen LogP) is 8.40. The minimum atomic E-state index is 0. The molecule has 2 aliphatic rings. The van der Waals surface area contributed by atoms with Crippen molar-refractivity contribution >= 4 is 36.0 Å². The van der Waals surface area contributed by atoms with Gasteiger partial charge in [-0.1, -0.05) is 99.5 Å². The Bertz CT molecular complexity index is 936. The number of benzene rings is 2. The van der Waals surface area contributed by atoms with Crippen LogP contribution in [0.5, 0.6) is 0 Å². The van der Waals surface area contributed by atoms with Crippen LogP contribution >= 0.6 is 24.8 Å². The molecule has 0 N–H and O–H groups in total. The zero-order valence-electron chi connectivity index (χ0n) is 18.4. The molecule has 0 spiro atoms. The summed E-state index contributed by atoms with van der Waals surface area (Å²) in [6, 6.07) is 20.8. The molecular formula is C28H28Cl2Zr. The Kier molecular flexibility index (Phi) is 13.6. The molecule has 0 heterocycles. The quantitative estimate of drug-likeness (QED) is 0.345. The Labute approximate surface area is 219 Å². The van der Waals surface area contributed by atoms with Crippen LogP contribution in [0, 0.1) is 12.2 Å². The molecule has 0 radical (unpaired) electrons. The van der Waals surface area contributed by atoms with E-state index in [0.29, 0.717) is 0 Å². The second-order valence-corrected chi connectivity index (χ2v) is 6.87. The molecule has 158 valence electrons. The number of hydrogen-bond acceptors (Lipinski definition) is 0. The average molecular weight is 527 g/mol. The molecule has 31 heavy (non-hydrogen) atoms. The summed E-state index contributed by atoms with van der Waals surface area (Å²) in [7, 11) is 0. The SMILES string of the molecule is CC=C1[C-]=C(c2ccccc2)C(C)=C1.CC=C1[C-]=C(c2ccccc2)C(C)=C1.Cl.Cl.[Zr+2]. The van der Waals surface area contributed by atoms with Crippen molar-refractivity contribution in [3.05, 3.63) is 131 Å². The fraction of sp³-hybridized carbons (Fsp3) is 0.143. The summed E-state index contributed by atoms with van der Waals surface area (Å²) in [6.45, 7) is 8.35. The molecule has 2 aliphatic carbocycles. The van der Waals surface area contributed by atoms with Gasteiger partial charge in [0.1, 0.15) is 0 Å². The molecule has 0 amide bonds. The zero-order valence-corrected chi connectivity index (χ0v) is 22.5. The van der Waals surface area contributed by atoms with Gasteiger partial charge in [0.05, 0.1) is 0 Å². The first-order chi connectivity index (χ1) is 13.6. The third-order valence-corrected chi connectivity index (χ3v) is 4.82. The Balaban J connectivity index is 0.000000529. The van der Waals surface area contributed by atoms with Gasteiger partial charge in [-0.3, -0.25) is 0 Å². The van der Waals surface area contributed by atoms with Gasteiger partial charge >= 0.3 is 26.2 Å². The fourth-order valence-electron chi connectivity index (χ4n) is 3.29. The molecule has 2 aromatic carbocycles. The topological polar surface area (TPSA) is 0 Å². The molecule has 4 rings (SSSR count). The van der Waals surface area contributed by atoms with E-state index in [9.17, 15) is 0 Å². The third kappa shape index (κ3) is 7.76. The van der Waals surface area contributed by atoms with E-state index in [0.717, 1.165) is 0 Å². The van der Waals surface area contributed by atoms with E-state index >= 15 is 0 Å². The summed E-state index contributed by atoms with van der Waals surface area (Å²) in [4.78, 5) is 0. The summed E-state index contributed by atoms with van der Waals surface area (Å²) >= 11 is 0. The summed E-state index contributed by atoms with van der Waals surface area (Å²) in [5.41, 5.74) is 9.89. The first-order valence-corrected chi connectivity index (χ1v) is 9.71. The molecule has 0 bridgehead atoms. The molecule has 0 aliphatic heterocycles. The van der Waals surface area contributed by atoms with Gasteiger partial charge in [-0.2, -0.15) is 0 Å². The van der Waals surface area contributed by atoms with Crippen LogP contribution in [0.2, 0.25) is 0 Å². The summed E-state index contributed by atoms with van der Waals surface area (Å²) in [5, 5.41) is 0. The van der Waals surface area contributed by atoms with Crippen molar-refractivity contribution in [3.8, 4) is 0 Å². The molecule has 3 heteroatoms. The third-order valence-electron chi connectivity index (χ3n) is 4.82. The van der Waals surface area contributed by atoms with E-state index in [-0.39, 0.29) is 51.0 Å². The van der Waals surface area contributed by atoms with Crippen LogP contribution in [0.4, 0.5) is 0 Å². The van der Waals surface area contributed by atoms with Gasteiger partial charge in [-0.15, -0.1) is 94.7 Å². The molecule has 0 unspecified atom stereocenters. The van der Waals surface area contributed by atoms with E-state index in [1.807, 2.05) is 26.0 Å². The largest absolute Gasteiger partial charge is 2.00 e. The second-order valence-electron chi connectivity index (χ2n) is 6.87. The van der Waals surface area contributed by atoms with Gasteiger partial charge in [0.25, 0.3) is 0 Å². The molecule has 0 atom stereocenters. The molecule has 0 nitrogen and oxygen atoms in total. The standard InChI is InChI=1S/2C14H13.2ClH.Zr/c2*1-3-12-9-11(2)14(10-12)13-7-5-4-6-8-13;;;/h2*3-9H,1-2H3;2*1H;/q2*-1;;;+2. The van der Waals surface area contributed by atoms with Gasteiger partial charge < -0.3 is 0 Å². The first-order valence-electron chi connectivity index (χ1n) is 9.71. The first kappa shape index (κ1) is 29.3. The Morgan fingerprint density at radius 2 is 0.903 bits per heavy atom. The van der Waals surface area contributed by atoms with Crippen LogP contribution in [0.15, 0.2) is 107 Å². The maximum Gasteiger partial charge on any atom is 2.00 e. The maximum absolute atomic E-state index is 3.39. The molecule has 0 saturated carbocycles. The van der Waals surface area contributed by atoms with Crippen molar-refractivity contribution in [2.75, 3.05) is 0 Å². The maximum atomic E-state index is 3.39. The van der Waals surface area contributed by atoms with Gasteiger partial charge in [0, 0.05) is 0 Å². The van der Waals surface area contributed by atoms with E-state index in [4.69, 9.17) is 0 Å². The molecule has 0 fully saturated rings. The minimum absolute atomic E-state index is 0. The average Bonchev–Trinajstić information content (AvgIpc) is 3.32. The Morgan fingerprint density at radius 3 is 1.16 bits per heavy atom. The predicted molar refractivity (Wildman–Crippen MR) is 136 cm³/mol. The monoisotopic (exact) mass is 524 g/mol.